The Morgan fingerprint density at radius 2 is 1.84 bits per heavy atom. The maximum Gasteiger partial charge on any atom is 0.238 e. The summed E-state index contributed by atoms with van der Waals surface area (Å²) >= 11 is 0. The van der Waals surface area contributed by atoms with Crippen LogP contribution in [0.3, 0.4) is 0 Å². The molecular formula is C27H40N8O2. The van der Waals surface area contributed by atoms with Crippen molar-refractivity contribution >= 4 is 17.4 Å². The van der Waals surface area contributed by atoms with Crippen LogP contribution in [0, 0.1) is 13.8 Å². The van der Waals surface area contributed by atoms with Crippen molar-refractivity contribution in [2.45, 2.75) is 58.3 Å². The number of piperazine rings is 1. The normalized spacial score (nSPS) is 20.6. The van der Waals surface area contributed by atoms with Crippen molar-refractivity contribution < 1.29 is 9.90 Å². The van der Waals surface area contributed by atoms with Crippen molar-refractivity contribution in [3.8, 4) is 5.75 Å². The number of primary amides is 1. The molecule has 10 heteroatoms. The van der Waals surface area contributed by atoms with Crippen molar-refractivity contribution in [3.63, 3.8) is 0 Å². The summed E-state index contributed by atoms with van der Waals surface area (Å²) in [5.41, 5.74) is 21.6. The number of benzene rings is 1. The number of piperidine rings is 1. The van der Waals surface area contributed by atoms with E-state index >= 15 is 0 Å². The molecule has 2 fully saturated rings. The molecular weight excluding hydrogens is 468 g/mol. The van der Waals surface area contributed by atoms with E-state index in [1.165, 1.54) is 0 Å². The SMILES string of the molecule is C=C(N)c1nc(C)c(N2CCN(C3CCN(Cc4ccc(O)cc4C(N)C(N)=O)CC3)C(C)C2)nc1C. The number of nitrogens with two attached hydrogens (primary N) is 3. The van der Waals surface area contributed by atoms with Gasteiger partial charge >= 0.3 is 0 Å². The number of likely N-dealkylation sites (tertiary alicyclic amines) is 1. The number of phenols is 1. The highest BCUT2D eigenvalue weighted by atomic mass is 16.3. The number of aromatic hydroxyl groups is 1. The third kappa shape index (κ3) is 5.87. The van der Waals surface area contributed by atoms with Crippen molar-refractivity contribution in [1.29, 1.82) is 0 Å². The van der Waals surface area contributed by atoms with Gasteiger partial charge in [-0.1, -0.05) is 12.6 Å². The number of carbonyl (C=O) groups is 1. The molecule has 200 valence electrons. The van der Waals surface area contributed by atoms with Crippen molar-refractivity contribution in [2.75, 3.05) is 37.6 Å². The van der Waals surface area contributed by atoms with Gasteiger partial charge in [-0.05, 0) is 70.0 Å². The average Bonchev–Trinajstić information content (AvgIpc) is 2.86. The Hall–Kier alpha value is -3.21. The van der Waals surface area contributed by atoms with Gasteiger partial charge in [-0.15, -0.1) is 0 Å². The topological polar surface area (TPSA) is 151 Å². The predicted octanol–water partition coefficient (Wildman–Crippen LogP) is 1.39. The highest BCUT2D eigenvalue weighted by Gasteiger charge is 2.33. The van der Waals surface area contributed by atoms with E-state index in [1.54, 1.807) is 12.1 Å². The fraction of sp³-hybridized carbons (Fsp3) is 0.519. The van der Waals surface area contributed by atoms with Gasteiger partial charge in [-0.2, -0.15) is 0 Å². The smallest absolute Gasteiger partial charge is 0.238 e. The zero-order valence-corrected chi connectivity index (χ0v) is 22.2. The molecule has 0 saturated carbocycles. The number of amides is 1. The number of hydrogen-bond acceptors (Lipinski definition) is 9. The Bertz CT molecular complexity index is 1160. The van der Waals surface area contributed by atoms with Crippen molar-refractivity contribution in [2.24, 2.45) is 17.2 Å². The van der Waals surface area contributed by atoms with Crippen LogP contribution in [-0.2, 0) is 11.3 Å². The first-order valence-corrected chi connectivity index (χ1v) is 12.9. The summed E-state index contributed by atoms with van der Waals surface area (Å²) in [7, 11) is 0. The molecule has 7 N–H and O–H groups in total. The third-order valence-corrected chi connectivity index (χ3v) is 7.69. The lowest BCUT2D eigenvalue weighted by Crippen LogP contribution is -2.57. The molecule has 0 aliphatic carbocycles. The summed E-state index contributed by atoms with van der Waals surface area (Å²) in [6, 6.07) is 5.01. The van der Waals surface area contributed by atoms with Gasteiger partial charge in [-0.3, -0.25) is 14.6 Å². The second kappa shape index (κ2) is 11.0. The standard InChI is InChI=1S/C27H40N8O2/c1-16-14-34(27-19(4)31-25(17(2)28)18(3)32-27)11-12-35(16)21-7-9-33(10-8-21)15-20-5-6-22(36)13-23(20)24(29)26(30)37/h5-6,13,16,21,24,36H,2,7-12,14-15,28-29H2,1,3-4H3,(H2,30,37). The molecule has 2 aromatic rings. The first-order chi connectivity index (χ1) is 17.5. The fourth-order valence-corrected chi connectivity index (χ4v) is 5.72. The summed E-state index contributed by atoms with van der Waals surface area (Å²) in [5, 5.41) is 9.89. The predicted molar refractivity (Wildman–Crippen MR) is 146 cm³/mol. The number of carbonyl (C=O) groups excluding carboxylic acids is 1. The molecule has 2 unspecified atom stereocenters. The van der Waals surface area contributed by atoms with Crippen LogP contribution in [0.4, 0.5) is 5.82 Å². The zero-order chi connectivity index (χ0) is 26.9. The molecule has 2 atom stereocenters. The van der Waals surface area contributed by atoms with Crippen LogP contribution < -0.4 is 22.1 Å². The first-order valence-electron chi connectivity index (χ1n) is 12.9. The van der Waals surface area contributed by atoms with Crippen LogP contribution in [0.1, 0.15) is 54.0 Å². The minimum Gasteiger partial charge on any atom is -0.508 e. The lowest BCUT2D eigenvalue weighted by atomic mass is 9.96. The van der Waals surface area contributed by atoms with Crippen LogP contribution in [0.2, 0.25) is 0 Å². The van der Waals surface area contributed by atoms with Crippen LogP contribution >= 0.6 is 0 Å². The van der Waals surface area contributed by atoms with E-state index in [9.17, 15) is 9.90 Å². The van der Waals surface area contributed by atoms with Crippen LogP contribution in [0.15, 0.2) is 24.8 Å². The van der Waals surface area contributed by atoms with Gasteiger partial charge in [0.1, 0.15) is 23.3 Å². The van der Waals surface area contributed by atoms with Crippen molar-refractivity contribution in [1.82, 2.24) is 19.8 Å². The molecule has 2 saturated heterocycles. The molecule has 2 aliphatic rings. The van der Waals surface area contributed by atoms with E-state index in [1.807, 2.05) is 19.9 Å². The second-order valence-electron chi connectivity index (χ2n) is 10.4. The zero-order valence-electron chi connectivity index (χ0n) is 22.2. The number of rotatable bonds is 7. The fourth-order valence-electron chi connectivity index (χ4n) is 5.72. The summed E-state index contributed by atoms with van der Waals surface area (Å²) in [6.45, 7) is 15.4. The molecule has 1 aromatic heterocycles. The number of aromatic nitrogens is 2. The summed E-state index contributed by atoms with van der Waals surface area (Å²) in [4.78, 5) is 28.5. The molecule has 1 amide bonds. The number of phenolic OH excluding ortho intramolecular Hbond substituents is 1. The molecule has 37 heavy (non-hydrogen) atoms. The van der Waals surface area contributed by atoms with Crippen LogP contribution in [0.5, 0.6) is 5.75 Å². The number of nitrogens with zero attached hydrogens (tertiary/aromatic N) is 5. The van der Waals surface area contributed by atoms with Crippen LogP contribution in [0.25, 0.3) is 5.70 Å². The molecule has 1 aromatic carbocycles. The van der Waals surface area contributed by atoms with Gasteiger partial charge in [-0.25, -0.2) is 9.97 Å². The largest absolute Gasteiger partial charge is 0.508 e. The molecule has 0 spiro atoms. The quantitative estimate of drug-likeness (QED) is 0.435. The Balaban J connectivity index is 1.35. The van der Waals surface area contributed by atoms with Gasteiger partial charge < -0.3 is 27.2 Å². The number of aryl methyl sites for hydroxylation is 2. The van der Waals surface area contributed by atoms with Crippen LogP contribution in [-0.4, -0.2) is 75.6 Å². The average molecular weight is 509 g/mol. The van der Waals surface area contributed by atoms with E-state index in [-0.39, 0.29) is 5.75 Å². The van der Waals surface area contributed by atoms with Crippen molar-refractivity contribution in [3.05, 3.63) is 53.0 Å². The van der Waals surface area contributed by atoms with Gasteiger partial charge in [0.25, 0.3) is 0 Å². The summed E-state index contributed by atoms with van der Waals surface area (Å²) < 4.78 is 0. The monoisotopic (exact) mass is 508 g/mol. The Morgan fingerprint density at radius 1 is 1.14 bits per heavy atom. The van der Waals surface area contributed by atoms with E-state index in [0.717, 1.165) is 68.3 Å². The minimum absolute atomic E-state index is 0.0828. The van der Waals surface area contributed by atoms with Gasteiger partial charge in [0.05, 0.1) is 17.1 Å². The lowest BCUT2D eigenvalue weighted by molar-refractivity contribution is -0.119. The Kier molecular flexibility index (Phi) is 8.01. The van der Waals surface area contributed by atoms with E-state index in [2.05, 4.69) is 33.2 Å². The van der Waals surface area contributed by atoms with E-state index in [0.29, 0.717) is 35.6 Å². The Morgan fingerprint density at radius 3 is 2.46 bits per heavy atom. The number of anilines is 1. The van der Waals surface area contributed by atoms with E-state index < -0.39 is 11.9 Å². The first kappa shape index (κ1) is 26.8. The highest BCUT2D eigenvalue weighted by Crippen LogP contribution is 2.28. The van der Waals surface area contributed by atoms with Gasteiger partial charge in [0, 0.05) is 38.3 Å². The lowest BCUT2D eigenvalue weighted by Gasteiger charge is -2.47. The molecule has 0 radical (unpaired) electrons. The maximum atomic E-state index is 11.7. The highest BCUT2D eigenvalue weighted by molar-refractivity contribution is 5.81. The molecule has 4 rings (SSSR count). The maximum absolute atomic E-state index is 11.7. The van der Waals surface area contributed by atoms with Gasteiger partial charge in [0.2, 0.25) is 5.91 Å². The molecule has 10 nitrogen and oxygen atoms in total. The van der Waals surface area contributed by atoms with E-state index in [4.69, 9.17) is 22.2 Å². The third-order valence-electron chi connectivity index (χ3n) is 7.69. The second-order valence-corrected chi connectivity index (χ2v) is 10.4. The summed E-state index contributed by atoms with van der Waals surface area (Å²) in [6.07, 6.45) is 2.15. The molecule has 3 heterocycles. The summed E-state index contributed by atoms with van der Waals surface area (Å²) in [5.74, 6) is 0.415. The molecule has 0 bridgehead atoms. The number of hydrogen-bond donors (Lipinski definition) is 4. The Labute approximate surface area is 219 Å². The minimum atomic E-state index is -0.931. The molecule has 2 aliphatic heterocycles. The van der Waals surface area contributed by atoms with Gasteiger partial charge in [0.15, 0.2) is 0 Å².